The summed E-state index contributed by atoms with van der Waals surface area (Å²) < 4.78 is 5.58. The van der Waals surface area contributed by atoms with E-state index in [1.165, 1.54) is 0 Å². The zero-order chi connectivity index (χ0) is 14.5. The quantitative estimate of drug-likeness (QED) is 0.734. The van der Waals surface area contributed by atoms with E-state index in [0.29, 0.717) is 18.1 Å². The highest BCUT2D eigenvalue weighted by atomic mass is 32.1. The second-order valence-electron chi connectivity index (χ2n) is 5.88. The minimum atomic E-state index is -0.643. The number of carbonyl (C=O) groups excluding carboxylic acids is 1. The first-order valence-corrected chi connectivity index (χ1v) is 7.47. The Morgan fingerprint density at radius 3 is 2.42 bits per heavy atom. The number of carbonyl (C=O) groups is 1. The Morgan fingerprint density at radius 1 is 1.37 bits per heavy atom. The van der Waals surface area contributed by atoms with E-state index in [-0.39, 0.29) is 11.5 Å². The van der Waals surface area contributed by atoms with Crippen LogP contribution in [0.1, 0.15) is 52.9 Å². The molecule has 0 atom stereocenters. The lowest BCUT2D eigenvalue weighted by molar-refractivity contribution is -0.130. The van der Waals surface area contributed by atoms with Crippen molar-refractivity contribution in [3.8, 4) is 0 Å². The molecule has 1 saturated carbocycles. The lowest BCUT2D eigenvalue weighted by Crippen LogP contribution is -2.52. The molecule has 1 amide bonds. The summed E-state index contributed by atoms with van der Waals surface area (Å²) in [6.45, 7) is 6.98. The minimum Gasteiger partial charge on any atom is -0.392 e. The van der Waals surface area contributed by atoms with Crippen LogP contribution < -0.4 is 11.1 Å². The van der Waals surface area contributed by atoms with Crippen molar-refractivity contribution in [2.75, 3.05) is 13.2 Å². The Morgan fingerprint density at radius 2 is 1.95 bits per heavy atom. The van der Waals surface area contributed by atoms with Crippen LogP contribution >= 0.6 is 12.2 Å². The summed E-state index contributed by atoms with van der Waals surface area (Å²) >= 11 is 5.15. The van der Waals surface area contributed by atoms with E-state index in [0.717, 1.165) is 32.1 Å². The van der Waals surface area contributed by atoms with Gasteiger partial charge in [-0.3, -0.25) is 4.79 Å². The van der Waals surface area contributed by atoms with E-state index in [1.807, 2.05) is 20.8 Å². The zero-order valence-corrected chi connectivity index (χ0v) is 13.1. The first-order valence-electron chi connectivity index (χ1n) is 7.06. The van der Waals surface area contributed by atoms with Crippen LogP contribution in [0.15, 0.2) is 0 Å². The number of amides is 1. The lowest BCUT2D eigenvalue weighted by Gasteiger charge is -2.36. The van der Waals surface area contributed by atoms with Crippen molar-refractivity contribution >= 4 is 23.1 Å². The normalized spacial score (nSPS) is 18.9. The molecule has 110 valence electrons. The Labute approximate surface area is 121 Å². The smallest absolute Gasteiger partial charge is 0.233 e. The summed E-state index contributed by atoms with van der Waals surface area (Å²) in [4.78, 5) is 12.8. The van der Waals surface area contributed by atoms with Crippen molar-refractivity contribution in [3.63, 3.8) is 0 Å². The molecule has 1 fully saturated rings. The first kappa shape index (κ1) is 16.4. The third-order valence-electron chi connectivity index (χ3n) is 3.82. The maximum atomic E-state index is 12.5. The number of hydrogen-bond acceptors (Lipinski definition) is 3. The zero-order valence-electron chi connectivity index (χ0n) is 12.3. The summed E-state index contributed by atoms with van der Waals surface area (Å²) in [6, 6.07) is 0. The molecule has 0 unspecified atom stereocenters. The van der Waals surface area contributed by atoms with E-state index in [4.69, 9.17) is 22.7 Å². The molecule has 19 heavy (non-hydrogen) atoms. The minimum absolute atomic E-state index is 0.0347. The standard InChI is InChI=1S/C14H26N2O2S/c1-4-18-13(2,3)10-16-12(17)14(11(15)19)8-6-5-7-9-14/h4-10H2,1-3H3,(H2,15,19)(H,16,17). The molecule has 5 heteroatoms. The number of hydrogen-bond donors (Lipinski definition) is 2. The van der Waals surface area contributed by atoms with Gasteiger partial charge in [0.1, 0.15) is 0 Å². The van der Waals surface area contributed by atoms with E-state index in [9.17, 15) is 4.79 Å². The first-order chi connectivity index (χ1) is 8.84. The van der Waals surface area contributed by atoms with Crippen LogP contribution in [0.4, 0.5) is 0 Å². The topological polar surface area (TPSA) is 64.3 Å². The third-order valence-corrected chi connectivity index (χ3v) is 4.21. The molecule has 0 aromatic heterocycles. The molecule has 0 radical (unpaired) electrons. The van der Waals surface area contributed by atoms with Gasteiger partial charge in [0.2, 0.25) is 5.91 Å². The van der Waals surface area contributed by atoms with Gasteiger partial charge in [0, 0.05) is 13.2 Å². The summed E-state index contributed by atoms with van der Waals surface area (Å²) in [5.41, 5.74) is 4.83. The van der Waals surface area contributed by atoms with Crippen molar-refractivity contribution in [3.05, 3.63) is 0 Å². The van der Waals surface area contributed by atoms with Gasteiger partial charge in [-0.2, -0.15) is 0 Å². The van der Waals surface area contributed by atoms with Gasteiger partial charge in [-0.25, -0.2) is 0 Å². The Bertz CT molecular complexity index is 336. The molecule has 1 aliphatic rings. The molecule has 3 N–H and O–H groups in total. The monoisotopic (exact) mass is 286 g/mol. The van der Waals surface area contributed by atoms with Crippen molar-refractivity contribution in [2.45, 2.75) is 58.5 Å². The fourth-order valence-electron chi connectivity index (χ4n) is 2.64. The molecule has 0 aliphatic heterocycles. The number of nitrogens with two attached hydrogens (primary N) is 1. The number of rotatable bonds is 6. The largest absolute Gasteiger partial charge is 0.392 e. The SMILES string of the molecule is CCOC(C)(C)CNC(=O)C1(C(N)=S)CCCCC1. The van der Waals surface area contributed by atoms with E-state index < -0.39 is 5.41 Å². The van der Waals surface area contributed by atoms with Crippen molar-refractivity contribution in [1.29, 1.82) is 0 Å². The van der Waals surface area contributed by atoms with Crippen LogP contribution in [0.2, 0.25) is 0 Å². The molecular weight excluding hydrogens is 260 g/mol. The summed E-state index contributed by atoms with van der Waals surface area (Å²) in [6.07, 6.45) is 4.72. The highest BCUT2D eigenvalue weighted by Gasteiger charge is 2.42. The van der Waals surface area contributed by atoms with E-state index >= 15 is 0 Å². The molecular formula is C14H26N2O2S. The molecule has 0 saturated heterocycles. The maximum Gasteiger partial charge on any atom is 0.233 e. The van der Waals surface area contributed by atoms with Gasteiger partial charge in [-0.1, -0.05) is 31.5 Å². The average molecular weight is 286 g/mol. The van der Waals surface area contributed by atoms with Gasteiger partial charge in [-0.05, 0) is 33.6 Å². The Balaban J connectivity index is 2.66. The molecule has 0 spiro atoms. The van der Waals surface area contributed by atoms with E-state index in [2.05, 4.69) is 5.32 Å². The number of thiocarbonyl (C=S) groups is 1. The van der Waals surface area contributed by atoms with Crippen LogP contribution in [0, 0.1) is 5.41 Å². The fourth-order valence-corrected chi connectivity index (χ4v) is 2.94. The van der Waals surface area contributed by atoms with Crippen LogP contribution in [0.3, 0.4) is 0 Å². The number of ether oxygens (including phenoxy) is 1. The second-order valence-corrected chi connectivity index (χ2v) is 6.32. The Hall–Kier alpha value is -0.680. The van der Waals surface area contributed by atoms with Crippen molar-refractivity contribution in [1.82, 2.24) is 5.32 Å². The van der Waals surface area contributed by atoms with Gasteiger partial charge >= 0.3 is 0 Å². The maximum absolute atomic E-state index is 12.5. The van der Waals surface area contributed by atoms with Gasteiger partial charge < -0.3 is 15.8 Å². The molecule has 0 heterocycles. The summed E-state index contributed by atoms with van der Waals surface area (Å²) in [5.74, 6) is -0.0347. The molecule has 1 aliphatic carbocycles. The fraction of sp³-hybridized carbons (Fsp3) is 0.857. The van der Waals surface area contributed by atoms with Gasteiger partial charge in [-0.15, -0.1) is 0 Å². The predicted octanol–water partition coefficient (Wildman–Crippen LogP) is 2.15. The van der Waals surface area contributed by atoms with Crippen molar-refractivity contribution < 1.29 is 9.53 Å². The van der Waals surface area contributed by atoms with Crippen LogP contribution in [-0.2, 0) is 9.53 Å². The molecule has 4 nitrogen and oxygen atoms in total. The predicted molar refractivity (Wildman–Crippen MR) is 81.0 cm³/mol. The van der Waals surface area contributed by atoms with Crippen LogP contribution in [0.25, 0.3) is 0 Å². The summed E-state index contributed by atoms with van der Waals surface area (Å²) in [5, 5.41) is 2.97. The highest BCUT2D eigenvalue weighted by Crippen LogP contribution is 2.37. The lowest BCUT2D eigenvalue weighted by atomic mass is 9.73. The average Bonchev–Trinajstić information content (AvgIpc) is 2.36. The van der Waals surface area contributed by atoms with Gasteiger partial charge in [0.05, 0.1) is 16.0 Å². The second kappa shape index (κ2) is 6.66. The highest BCUT2D eigenvalue weighted by molar-refractivity contribution is 7.80. The molecule has 0 bridgehead atoms. The van der Waals surface area contributed by atoms with Crippen molar-refractivity contribution in [2.24, 2.45) is 11.1 Å². The Kier molecular flexibility index (Phi) is 5.74. The molecule has 0 aromatic carbocycles. The van der Waals surface area contributed by atoms with E-state index in [1.54, 1.807) is 0 Å². The van der Waals surface area contributed by atoms with Gasteiger partial charge in [0.25, 0.3) is 0 Å². The summed E-state index contributed by atoms with van der Waals surface area (Å²) in [7, 11) is 0. The third kappa shape index (κ3) is 4.14. The van der Waals surface area contributed by atoms with Gasteiger partial charge in [0.15, 0.2) is 0 Å². The number of nitrogens with one attached hydrogen (secondary N) is 1. The van der Waals surface area contributed by atoms with Crippen LogP contribution in [0.5, 0.6) is 0 Å². The van der Waals surface area contributed by atoms with Crippen LogP contribution in [-0.4, -0.2) is 29.6 Å². The molecule has 1 rings (SSSR count). The molecule has 0 aromatic rings.